The Balaban J connectivity index is 1.60. The molecule has 0 bridgehead atoms. The third-order valence-electron chi connectivity index (χ3n) is 3.62. The topological polar surface area (TPSA) is 24.4 Å². The maximum atomic E-state index is 4.85. The summed E-state index contributed by atoms with van der Waals surface area (Å²) in [6.07, 6.45) is 2.12. The lowest BCUT2D eigenvalue weighted by molar-refractivity contribution is 0.637. The fourth-order valence-electron chi connectivity index (χ4n) is 2.50. The monoisotopic (exact) mass is 316 g/mol. The zero-order valence-electron chi connectivity index (χ0n) is 12.2. The van der Waals surface area contributed by atoms with E-state index in [2.05, 4.69) is 60.1 Å². The first-order valence-electron chi connectivity index (χ1n) is 7.39. The van der Waals surface area contributed by atoms with E-state index < -0.39 is 0 Å². The van der Waals surface area contributed by atoms with Gasteiger partial charge in [-0.2, -0.15) is 0 Å². The normalized spacial score (nSPS) is 19.3. The summed E-state index contributed by atoms with van der Waals surface area (Å²) in [7, 11) is 0. The number of nitrogens with zero attached hydrogens (tertiary/aromatic N) is 1. The predicted octanol–water partition coefficient (Wildman–Crippen LogP) is 4.50. The summed E-state index contributed by atoms with van der Waals surface area (Å²) in [5.41, 5.74) is 1.37. The Kier molecular flexibility index (Phi) is 4.99. The summed E-state index contributed by atoms with van der Waals surface area (Å²) in [6, 6.07) is 15.8. The maximum absolute atomic E-state index is 4.85. The van der Waals surface area contributed by atoms with Crippen LogP contribution in [0.1, 0.15) is 29.8 Å². The number of amidine groups is 1. The SMILES string of the molecule is CCC(NC1=NC(Cc2ccccc2)CS1)c1cccs1. The third-order valence-corrected chi connectivity index (χ3v) is 5.65. The van der Waals surface area contributed by atoms with Gasteiger partial charge in [-0.05, 0) is 29.9 Å². The molecule has 1 N–H and O–H groups in total. The number of nitrogens with one attached hydrogen (secondary N) is 1. The van der Waals surface area contributed by atoms with Crippen LogP contribution in [0.25, 0.3) is 0 Å². The van der Waals surface area contributed by atoms with Gasteiger partial charge >= 0.3 is 0 Å². The molecule has 2 heterocycles. The lowest BCUT2D eigenvalue weighted by Crippen LogP contribution is -2.24. The molecule has 1 aromatic carbocycles. The minimum atomic E-state index is 0.395. The standard InChI is InChI=1S/C17H20N2S2/c1-2-15(16-9-6-10-20-16)19-17-18-14(12-21-17)11-13-7-4-3-5-8-13/h3-10,14-15H,2,11-12H2,1H3,(H,18,19). The van der Waals surface area contributed by atoms with E-state index in [0.29, 0.717) is 12.1 Å². The number of aliphatic imine (C=N–C) groups is 1. The molecule has 1 aliphatic heterocycles. The molecule has 4 heteroatoms. The Bertz CT molecular complexity index is 578. The van der Waals surface area contributed by atoms with Gasteiger partial charge in [0.1, 0.15) is 0 Å². The smallest absolute Gasteiger partial charge is 0.157 e. The molecule has 2 unspecified atom stereocenters. The highest BCUT2D eigenvalue weighted by atomic mass is 32.2. The summed E-state index contributed by atoms with van der Waals surface area (Å²) in [5, 5.41) is 6.86. The number of thiophene rings is 1. The van der Waals surface area contributed by atoms with Crippen LogP contribution < -0.4 is 5.32 Å². The molecule has 2 nitrogen and oxygen atoms in total. The predicted molar refractivity (Wildman–Crippen MR) is 94.3 cm³/mol. The molecular formula is C17H20N2S2. The molecule has 2 aromatic rings. The van der Waals surface area contributed by atoms with E-state index in [-0.39, 0.29) is 0 Å². The van der Waals surface area contributed by atoms with Gasteiger partial charge < -0.3 is 5.32 Å². The molecular weight excluding hydrogens is 296 g/mol. The molecule has 0 aliphatic carbocycles. The van der Waals surface area contributed by atoms with Crippen LogP contribution in [-0.4, -0.2) is 17.0 Å². The molecule has 0 amide bonds. The van der Waals surface area contributed by atoms with Crippen molar-refractivity contribution in [1.82, 2.24) is 5.32 Å². The summed E-state index contributed by atoms with van der Waals surface area (Å²) in [4.78, 5) is 6.25. The van der Waals surface area contributed by atoms with Crippen molar-refractivity contribution in [3.8, 4) is 0 Å². The molecule has 0 radical (unpaired) electrons. The largest absolute Gasteiger partial charge is 0.357 e. The molecule has 110 valence electrons. The van der Waals surface area contributed by atoms with Gasteiger partial charge in [0.15, 0.2) is 5.17 Å². The van der Waals surface area contributed by atoms with Gasteiger partial charge in [-0.3, -0.25) is 4.99 Å². The van der Waals surface area contributed by atoms with Crippen molar-refractivity contribution in [3.05, 3.63) is 58.3 Å². The average molecular weight is 316 g/mol. The molecule has 0 spiro atoms. The maximum Gasteiger partial charge on any atom is 0.157 e. The van der Waals surface area contributed by atoms with E-state index in [9.17, 15) is 0 Å². The van der Waals surface area contributed by atoms with Crippen LogP contribution in [-0.2, 0) is 6.42 Å². The highest BCUT2D eigenvalue weighted by Crippen LogP contribution is 2.26. The lowest BCUT2D eigenvalue weighted by atomic mass is 10.1. The Morgan fingerprint density at radius 1 is 1.24 bits per heavy atom. The van der Waals surface area contributed by atoms with Crippen molar-refractivity contribution < 1.29 is 0 Å². The molecule has 0 saturated carbocycles. The summed E-state index contributed by atoms with van der Waals surface area (Å²) in [6.45, 7) is 2.22. The molecule has 3 rings (SSSR count). The van der Waals surface area contributed by atoms with Crippen LogP contribution in [0.5, 0.6) is 0 Å². The van der Waals surface area contributed by atoms with Crippen LogP contribution in [0.4, 0.5) is 0 Å². The zero-order chi connectivity index (χ0) is 14.5. The van der Waals surface area contributed by atoms with E-state index in [1.54, 1.807) is 0 Å². The first-order valence-corrected chi connectivity index (χ1v) is 9.26. The van der Waals surface area contributed by atoms with E-state index in [0.717, 1.165) is 23.8 Å². The van der Waals surface area contributed by atoms with Crippen molar-refractivity contribution in [2.45, 2.75) is 31.8 Å². The molecule has 1 aliphatic rings. The van der Waals surface area contributed by atoms with Crippen LogP contribution in [0, 0.1) is 0 Å². The number of hydrogen-bond acceptors (Lipinski definition) is 4. The Morgan fingerprint density at radius 2 is 2.10 bits per heavy atom. The molecule has 0 saturated heterocycles. The Hall–Kier alpha value is -1.26. The second-order valence-corrected chi connectivity index (χ2v) is 7.20. The summed E-state index contributed by atoms with van der Waals surface area (Å²) in [5.74, 6) is 1.08. The number of thioether (sulfide) groups is 1. The van der Waals surface area contributed by atoms with E-state index in [1.165, 1.54) is 10.4 Å². The summed E-state index contributed by atoms with van der Waals surface area (Å²) >= 11 is 3.67. The van der Waals surface area contributed by atoms with Gasteiger partial charge in [0.05, 0.1) is 12.1 Å². The van der Waals surface area contributed by atoms with Crippen LogP contribution in [0.15, 0.2) is 52.8 Å². The van der Waals surface area contributed by atoms with Gasteiger partial charge in [0.25, 0.3) is 0 Å². The van der Waals surface area contributed by atoms with Gasteiger partial charge in [-0.25, -0.2) is 0 Å². The van der Waals surface area contributed by atoms with E-state index in [4.69, 9.17) is 4.99 Å². The quantitative estimate of drug-likeness (QED) is 0.878. The van der Waals surface area contributed by atoms with E-state index in [1.807, 2.05) is 23.1 Å². The molecule has 0 fully saturated rings. The van der Waals surface area contributed by atoms with Gasteiger partial charge in [0, 0.05) is 10.6 Å². The fourth-order valence-corrected chi connectivity index (χ4v) is 4.35. The number of hydrogen-bond donors (Lipinski definition) is 1. The lowest BCUT2D eigenvalue weighted by Gasteiger charge is -2.15. The average Bonchev–Trinajstić information content (AvgIpc) is 3.17. The molecule has 1 aromatic heterocycles. The van der Waals surface area contributed by atoms with Crippen molar-refractivity contribution >= 4 is 28.3 Å². The van der Waals surface area contributed by atoms with Crippen molar-refractivity contribution in [2.24, 2.45) is 4.99 Å². The second-order valence-electron chi connectivity index (χ2n) is 5.21. The first kappa shape index (κ1) is 14.7. The number of rotatable bonds is 5. The van der Waals surface area contributed by atoms with Crippen molar-refractivity contribution in [3.63, 3.8) is 0 Å². The molecule has 2 atom stereocenters. The van der Waals surface area contributed by atoms with Crippen molar-refractivity contribution in [1.29, 1.82) is 0 Å². The minimum Gasteiger partial charge on any atom is -0.357 e. The fraction of sp³-hybridized carbons (Fsp3) is 0.353. The van der Waals surface area contributed by atoms with Crippen LogP contribution in [0.2, 0.25) is 0 Å². The van der Waals surface area contributed by atoms with Crippen molar-refractivity contribution in [2.75, 3.05) is 5.75 Å². The third kappa shape index (κ3) is 3.89. The van der Waals surface area contributed by atoms with E-state index >= 15 is 0 Å². The highest BCUT2D eigenvalue weighted by molar-refractivity contribution is 8.14. The summed E-state index contributed by atoms with van der Waals surface area (Å²) < 4.78 is 0. The van der Waals surface area contributed by atoms with Crippen LogP contribution in [0.3, 0.4) is 0 Å². The second kappa shape index (κ2) is 7.14. The van der Waals surface area contributed by atoms with Gasteiger partial charge in [0.2, 0.25) is 0 Å². The van der Waals surface area contributed by atoms with Crippen LogP contribution >= 0.6 is 23.1 Å². The van der Waals surface area contributed by atoms with Gasteiger partial charge in [-0.1, -0.05) is 55.1 Å². The Labute approximate surface area is 134 Å². The molecule has 21 heavy (non-hydrogen) atoms. The zero-order valence-corrected chi connectivity index (χ0v) is 13.8. The number of benzene rings is 1. The Morgan fingerprint density at radius 3 is 2.81 bits per heavy atom. The highest BCUT2D eigenvalue weighted by Gasteiger charge is 2.21. The first-order chi connectivity index (χ1) is 10.3. The van der Waals surface area contributed by atoms with Gasteiger partial charge in [-0.15, -0.1) is 11.3 Å². The minimum absolute atomic E-state index is 0.395.